The average molecular weight is 390 g/mol. The van der Waals surface area contributed by atoms with Crippen molar-refractivity contribution in [2.75, 3.05) is 5.75 Å². The summed E-state index contributed by atoms with van der Waals surface area (Å²) >= 11 is 1.39. The van der Waals surface area contributed by atoms with Crippen LogP contribution in [0.1, 0.15) is 77.0 Å². The van der Waals surface area contributed by atoms with Gasteiger partial charge in [-0.2, -0.15) is 0 Å². The molecule has 1 aromatic heterocycles. The van der Waals surface area contributed by atoms with Crippen LogP contribution in [0, 0.1) is 23.7 Å². The maximum Gasteiger partial charge on any atom is 0.277 e. The third-order valence-electron chi connectivity index (χ3n) is 7.68. The summed E-state index contributed by atoms with van der Waals surface area (Å²) in [5, 5.41) is 12.5. The molecular formula is C21H31N3O2S. The van der Waals surface area contributed by atoms with Crippen LogP contribution in [0.5, 0.6) is 0 Å². The van der Waals surface area contributed by atoms with Gasteiger partial charge in [-0.15, -0.1) is 10.2 Å². The summed E-state index contributed by atoms with van der Waals surface area (Å²) in [7, 11) is 0. The average Bonchev–Trinajstić information content (AvgIpc) is 3.11. The first kappa shape index (κ1) is 18.0. The fourth-order valence-corrected chi connectivity index (χ4v) is 7.34. The minimum Gasteiger partial charge on any atom is -0.415 e. The molecule has 148 valence electrons. The molecule has 1 aromatic rings. The highest BCUT2D eigenvalue weighted by Gasteiger charge is 2.54. The summed E-state index contributed by atoms with van der Waals surface area (Å²) in [6.07, 6.45) is 12.8. The van der Waals surface area contributed by atoms with Crippen molar-refractivity contribution in [1.29, 1.82) is 0 Å². The standard InChI is InChI=1S/C21H31N3O2S/c1-13-4-2-3-5-17(13)22-18(25)12-27-20-24-23-19(26-20)21-9-14-6-15(10-21)8-16(7-14)11-21/h13-17H,2-12H2,1H3,(H,22,25)/t13-,14?,15?,16?,17+,21?/m0/s1. The van der Waals surface area contributed by atoms with Crippen molar-refractivity contribution < 1.29 is 9.21 Å². The van der Waals surface area contributed by atoms with Crippen molar-refractivity contribution in [3.05, 3.63) is 5.89 Å². The third-order valence-corrected chi connectivity index (χ3v) is 8.50. The maximum atomic E-state index is 12.3. The van der Waals surface area contributed by atoms with Gasteiger partial charge >= 0.3 is 0 Å². The lowest BCUT2D eigenvalue weighted by atomic mass is 9.49. The number of rotatable bonds is 5. The molecule has 2 atom stereocenters. The zero-order valence-electron chi connectivity index (χ0n) is 16.3. The number of hydrogen-bond donors (Lipinski definition) is 1. The largest absolute Gasteiger partial charge is 0.415 e. The lowest BCUT2D eigenvalue weighted by molar-refractivity contribution is -0.119. The molecule has 5 aliphatic carbocycles. The number of nitrogens with one attached hydrogen (secondary N) is 1. The van der Waals surface area contributed by atoms with E-state index >= 15 is 0 Å². The molecule has 4 bridgehead atoms. The SMILES string of the molecule is C[C@H]1CCCC[C@H]1NC(=O)CSc1nnc(C23CC4CC(CC(C4)C2)C3)o1. The second-order valence-corrected chi connectivity index (χ2v) is 10.7. The highest BCUT2D eigenvalue weighted by molar-refractivity contribution is 7.99. The highest BCUT2D eigenvalue weighted by atomic mass is 32.2. The molecule has 5 fully saturated rings. The van der Waals surface area contributed by atoms with Gasteiger partial charge < -0.3 is 9.73 Å². The lowest BCUT2D eigenvalue weighted by Gasteiger charge is -2.55. The molecule has 6 heteroatoms. The van der Waals surface area contributed by atoms with Gasteiger partial charge in [0.2, 0.25) is 11.8 Å². The van der Waals surface area contributed by atoms with Crippen molar-refractivity contribution in [2.24, 2.45) is 23.7 Å². The zero-order chi connectivity index (χ0) is 18.4. The number of amides is 1. The topological polar surface area (TPSA) is 68.0 Å². The van der Waals surface area contributed by atoms with E-state index in [1.165, 1.54) is 69.5 Å². The third kappa shape index (κ3) is 3.54. The number of carbonyl (C=O) groups is 1. The van der Waals surface area contributed by atoms with Gasteiger partial charge in [0.15, 0.2) is 0 Å². The summed E-state index contributed by atoms with van der Waals surface area (Å²) < 4.78 is 6.09. The van der Waals surface area contributed by atoms with Crippen molar-refractivity contribution >= 4 is 17.7 Å². The van der Waals surface area contributed by atoms with Gasteiger partial charge in [-0.3, -0.25) is 4.79 Å². The van der Waals surface area contributed by atoms with E-state index in [4.69, 9.17) is 4.42 Å². The Balaban J connectivity index is 1.18. The van der Waals surface area contributed by atoms with Crippen molar-refractivity contribution in [1.82, 2.24) is 15.5 Å². The van der Waals surface area contributed by atoms with Crippen LogP contribution < -0.4 is 5.32 Å². The summed E-state index contributed by atoms with van der Waals surface area (Å²) in [5.74, 6) is 4.48. The van der Waals surface area contributed by atoms with Crippen LogP contribution in [0.3, 0.4) is 0 Å². The fraction of sp³-hybridized carbons (Fsp3) is 0.857. The van der Waals surface area contributed by atoms with Crippen LogP contribution in [0.15, 0.2) is 9.64 Å². The van der Waals surface area contributed by atoms with Crippen LogP contribution in [-0.4, -0.2) is 27.9 Å². The quantitative estimate of drug-likeness (QED) is 0.760. The zero-order valence-corrected chi connectivity index (χ0v) is 17.1. The molecule has 0 saturated heterocycles. The van der Waals surface area contributed by atoms with E-state index in [1.54, 1.807) is 0 Å². The van der Waals surface area contributed by atoms with Gasteiger partial charge in [-0.1, -0.05) is 31.5 Å². The Labute approximate surface area is 165 Å². The van der Waals surface area contributed by atoms with Gasteiger partial charge in [0.1, 0.15) is 0 Å². The molecule has 5 nitrogen and oxygen atoms in total. The van der Waals surface area contributed by atoms with E-state index in [0.717, 1.165) is 30.1 Å². The number of thioether (sulfide) groups is 1. The Kier molecular flexibility index (Phi) is 4.73. The van der Waals surface area contributed by atoms with Crippen molar-refractivity contribution in [2.45, 2.75) is 87.8 Å². The lowest BCUT2D eigenvalue weighted by Crippen LogP contribution is -2.48. The van der Waals surface area contributed by atoms with E-state index < -0.39 is 0 Å². The van der Waals surface area contributed by atoms with E-state index in [1.807, 2.05) is 0 Å². The first-order chi connectivity index (χ1) is 13.1. The first-order valence-corrected chi connectivity index (χ1v) is 11.8. The van der Waals surface area contributed by atoms with E-state index in [0.29, 0.717) is 22.9 Å². The molecule has 0 aromatic carbocycles. The van der Waals surface area contributed by atoms with Gasteiger partial charge in [0.05, 0.1) is 5.75 Å². The summed E-state index contributed by atoms with van der Waals surface area (Å²) in [6, 6.07) is 0.331. The minimum atomic E-state index is 0.0910. The van der Waals surface area contributed by atoms with E-state index in [-0.39, 0.29) is 11.3 Å². The molecule has 1 heterocycles. The molecule has 0 spiro atoms. The van der Waals surface area contributed by atoms with Crippen LogP contribution >= 0.6 is 11.8 Å². The van der Waals surface area contributed by atoms with Crippen LogP contribution in [-0.2, 0) is 10.2 Å². The molecule has 5 aliphatic rings. The van der Waals surface area contributed by atoms with Gasteiger partial charge in [0.25, 0.3) is 5.22 Å². The van der Waals surface area contributed by atoms with E-state index in [9.17, 15) is 4.79 Å². The van der Waals surface area contributed by atoms with Gasteiger partial charge in [-0.05, 0) is 75.0 Å². The molecule has 1 amide bonds. The van der Waals surface area contributed by atoms with Gasteiger partial charge in [-0.25, -0.2) is 0 Å². The number of hydrogen-bond acceptors (Lipinski definition) is 5. The predicted octanol–water partition coefficient (Wildman–Crippen LogP) is 4.32. The molecule has 0 aliphatic heterocycles. The Bertz CT molecular complexity index is 668. The summed E-state index contributed by atoms with van der Waals surface area (Å²) in [4.78, 5) is 12.3. The highest BCUT2D eigenvalue weighted by Crippen LogP contribution is 2.60. The fourth-order valence-electron chi connectivity index (χ4n) is 6.76. The molecule has 5 saturated carbocycles. The molecule has 6 rings (SSSR count). The second-order valence-electron chi connectivity index (χ2n) is 9.80. The number of aromatic nitrogens is 2. The monoisotopic (exact) mass is 389 g/mol. The summed E-state index contributed by atoms with van der Waals surface area (Å²) in [6.45, 7) is 2.24. The smallest absolute Gasteiger partial charge is 0.277 e. The van der Waals surface area contributed by atoms with Crippen LogP contribution in [0.4, 0.5) is 0 Å². The number of carbonyl (C=O) groups excluding carboxylic acids is 1. The van der Waals surface area contributed by atoms with Crippen LogP contribution in [0.2, 0.25) is 0 Å². The minimum absolute atomic E-state index is 0.0910. The molecule has 27 heavy (non-hydrogen) atoms. The van der Waals surface area contributed by atoms with Gasteiger partial charge in [0, 0.05) is 11.5 Å². The molecule has 0 radical (unpaired) electrons. The Morgan fingerprint density at radius 2 is 1.78 bits per heavy atom. The summed E-state index contributed by atoms with van der Waals surface area (Å²) in [5.41, 5.74) is 0.139. The second kappa shape index (κ2) is 7.09. The van der Waals surface area contributed by atoms with Crippen molar-refractivity contribution in [3.63, 3.8) is 0 Å². The maximum absolute atomic E-state index is 12.3. The number of nitrogens with zero attached hydrogens (tertiary/aromatic N) is 2. The normalized spacial score (nSPS) is 40.3. The first-order valence-electron chi connectivity index (χ1n) is 10.9. The molecule has 1 N–H and O–H groups in total. The Morgan fingerprint density at radius 3 is 2.44 bits per heavy atom. The van der Waals surface area contributed by atoms with Crippen LogP contribution in [0.25, 0.3) is 0 Å². The predicted molar refractivity (Wildman–Crippen MR) is 104 cm³/mol. The Morgan fingerprint density at radius 1 is 1.11 bits per heavy atom. The van der Waals surface area contributed by atoms with E-state index in [2.05, 4.69) is 22.4 Å². The molecular weight excluding hydrogens is 358 g/mol. The van der Waals surface area contributed by atoms with Crippen molar-refractivity contribution in [3.8, 4) is 0 Å². The Hall–Kier alpha value is -1.04. The molecule has 0 unspecified atom stereocenters.